The van der Waals surface area contributed by atoms with Gasteiger partial charge in [0.1, 0.15) is 0 Å². The van der Waals surface area contributed by atoms with E-state index < -0.39 is 17.7 Å². The van der Waals surface area contributed by atoms with Crippen molar-refractivity contribution in [3.63, 3.8) is 0 Å². The zero-order valence-corrected chi connectivity index (χ0v) is 12.5. The van der Waals surface area contributed by atoms with Crippen molar-refractivity contribution in [1.82, 2.24) is 15.8 Å². The summed E-state index contributed by atoms with van der Waals surface area (Å²) in [4.78, 5) is 36.1. The number of hydrogen-bond donors (Lipinski definition) is 2. The van der Waals surface area contributed by atoms with E-state index in [1.54, 1.807) is 18.2 Å². The first-order valence-electron chi connectivity index (χ1n) is 6.72. The van der Waals surface area contributed by atoms with Crippen molar-refractivity contribution in [3.8, 4) is 0 Å². The minimum atomic E-state index is -0.457. The molecule has 0 aromatic rings. The molecule has 0 aromatic carbocycles. The first-order valence-corrected chi connectivity index (χ1v) is 7.13. The molecule has 0 spiro atoms. The average Bonchev–Trinajstić information content (AvgIpc) is 2.48. The van der Waals surface area contributed by atoms with Crippen molar-refractivity contribution in [1.29, 1.82) is 0 Å². The van der Waals surface area contributed by atoms with Crippen molar-refractivity contribution in [2.24, 2.45) is 11.8 Å². The highest BCUT2D eigenvalue weighted by Crippen LogP contribution is 2.40. The lowest BCUT2D eigenvalue weighted by atomic mass is 9.72. The van der Waals surface area contributed by atoms with Gasteiger partial charge < -0.3 is 5.32 Å². The van der Waals surface area contributed by atoms with Crippen LogP contribution in [0.25, 0.3) is 0 Å². The van der Waals surface area contributed by atoms with Crippen LogP contribution in [0.4, 0.5) is 0 Å². The summed E-state index contributed by atoms with van der Waals surface area (Å²) in [6, 6.07) is 0. The molecular formula is C15H13N3O3S. The first-order chi connectivity index (χ1) is 10.5. The van der Waals surface area contributed by atoms with Gasteiger partial charge in [-0.05, 0) is 17.8 Å². The largest absolute Gasteiger partial charge is 0.302 e. The summed E-state index contributed by atoms with van der Waals surface area (Å²) in [5, 5.41) is 3.12. The molecule has 6 nitrogen and oxygen atoms in total. The summed E-state index contributed by atoms with van der Waals surface area (Å²) in [5.74, 6) is -1.93. The second-order valence-electron chi connectivity index (χ2n) is 5.14. The van der Waals surface area contributed by atoms with Crippen molar-refractivity contribution >= 4 is 35.1 Å². The monoisotopic (exact) mass is 315 g/mol. The summed E-state index contributed by atoms with van der Waals surface area (Å²) in [7, 11) is 0. The molecule has 3 aliphatic rings. The van der Waals surface area contributed by atoms with Crippen LogP contribution < -0.4 is 10.7 Å². The Bertz CT molecular complexity index is 718. The second kappa shape index (κ2) is 5.34. The smallest absolute Gasteiger partial charge is 0.276 e. The summed E-state index contributed by atoms with van der Waals surface area (Å²) < 4.78 is 0. The molecule has 0 saturated carbocycles. The third-order valence-corrected chi connectivity index (χ3v) is 3.88. The van der Waals surface area contributed by atoms with E-state index in [2.05, 4.69) is 10.7 Å². The Kier molecular flexibility index (Phi) is 3.50. The zero-order valence-electron chi connectivity index (χ0n) is 11.7. The highest BCUT2D eigenvalue weighted by atomic mass is 32.1. The standard InChI is InChI=1S/C15H13N3O3S/c1-8(19)16-15(22)17-18-13(20)10-6-2-4-9-5-3-7-11(12(9)10)14(18)21/h2-7,10,12H,1H3,(H2,16,17,19,22)/t10-,12+/m0/s1. The Balaban J connectivity index is 1.91. The number of hydrogen-bond acceptors (Lipinski definition) is 4. The predicted octanol–water partition coefficient (Wildman–Crippen LogP) is 0.506. The van der Waals surface area contributed by atoms with E-state index >= 15 is 0 Å². The van der Waals surface area contributed by atoms with Gasteiger partial charge in [-0.2, -0.15) is 5.01 Å². The quantitative estimate of drug-likeness (QED) is 0.544. The van der Waals surface area contributed by atoms with Gasteiger partial charge in [-0.25, -0.2) is 0 Å². The van der Waals surface area contributed by atoms with Gasteiger partial charge in [0.05, 0.1) is 5.92 Å². The number of nitrogens with zero attached hydrogens (tertiary/aromatic N) is 1. The van der Waals surface area contributed by atoms with Gasteiger partial charge in [-0.1, -0.05) is 36.5 Å². The van der Waals surface area contributed by atoms with Crippen LogP contribution in [0.2, 0.25) is 0 Å². The Morgan fingerprint density at radius 1 is 1.27 bits per heavy atom. The second-order valence-corrected chi connectivity index (χ2v) is 5.55. The lowest BCUT2D eigenvalue weighted by Gasteiger charge is -2.39. The molecule has 3 rings (SSSR count). The molecule has 3 amide bonds. The third kappa shape index (κ3) is 2.29. The molecule has 7 heteroatoms. The molecule has 0 unspecified atom stereocenters. The maximum Gasteiger partial charge on any atom is 0.276 e. The van der Waals surface area contributed by atoms with E-state index in [1.165, 1.54) is 6.92 Å². The number of imide groups is 1. The Morgan fingerprint density at radius 2 is 2.05 bits per heavy atom. The van der Waals surface area contributed by atoms with Gasteiger partial charge in [0.15, 0.2) is 5.11 Å². The number of carbonyl (C=O) groups excluding carboxylic acids is 3. The van der Waals surface area contributed by atoms with Crippen molar-refractivity contribution in [2.45, 2.75) is 6.92 Å². The molecule has 1 saturated heterocycles. The highest BCUT2D eigenvalue weighted by molar-refractivity contribution is 7.80. The van der Waals surface area contributed by atoms with Crippen LogP contribution in [0, 0.1) is 11.8 Å². The number of hydrazine groups is 1. The molecule has 0 radical (unpaired) electrons. The van der Waals surface area contributed by atoms with Crippen molar-refractivity contribution < 1.29 is 14.4 Å². The molecule has 112 valence electrons. The minimum absolute atomic E-state index is 0.0878. The number of rotatable bonds is 1. The molecule has 1 aliphatic heterocycles. The average molecular weight is 315 g/mol. The molecule has 1 heterocycles. The van der Waals surface area contributed by atoms with Crippen LogP contribution in [0.3, 0.4) is 0 Å². The fourth-order valence-electron chi connectivity index (χ4n) is 2.81. The number of allylic oxidation sites excluding steroid dienone is 6. The van der Waals surface area contributed by atoms with Crippen LogP contribution in [-0.2, 0) is 14.4 Å². The van der Waals surface area contributed by atoms with E-state index in [-0.39, 0.29) is 16.9 Å². The summed E-state index contributed by atoms with van der Waals surface area (Å²) in [6.45, 7) is 1.29. The van der Waals surface area contributed by atoms with Crippen LogP contribution in [-0.4, -0.2) is 27.8 Å². The van der Waals surface area contributed by atoms with Gasteiger partial charge in [-0.15, -0.1) is 0 Å². The summed E-state index contributed by atoms with van der Waals surface area (Å²) >= 11 is 4.92. The predicted molar refractivity (Wildman–Crippen MR) is 82.8 cm³/mol. The summed E-state index contributed by atoms with van der Waals surface area (Å²) in [5.41, 5.74) is 3.97. The number of carbonyl (C=O) groups is 3. The van der Waals surface area contributed by atoms with Crippen LogP contribution in [0.5, 0.6) is 0 Å². The molecule has 1 fully saturated rings. The minimum Gasteiger partial charge on any atom is -0.302 e. The number of thiocarbonyl (C=S) groups is 1. The van der Waals surface area contributed by atoms with E-state index in [0.29, 0.717) is 5.57 Å². The van der Waals surface area contributed by atoms with E-state index in [9.17, 15) is 14.4 Å². The van der Waals surface area contributed by atoms with E-state index in [0.717, 1.165) is 10.6 Å². The maximum absolute atomic E-state index is 12.6. The number of nitrogens with one attached hydrogen (secondary N) is 2. The van der Waals surface area contributed by atoms with E-state index in [4.69, 9.17) is 12.2 Å². The number of piperidine rings is 1. The molecular weight excluding hydrogens is 302 g/mol. The van der Waals surface area contributed by atoms with Crippen molar-refractivity contribution in [3.05, 3.63) is 47.6 Å². The Morgan fingerprint density at radius 3 is 2.77 bits per heavy atom. The fourth-order valence-corrected chi connectivity index (χ4v) is 3.04. The number of amides is 3. The molecule has 2 atom stereocenters. The lowest BCUT2D eigenvalue weighted by Crippen LogP contribution is -2.60. The van der Waals surface area contributed by atoms with E-state index in [1.807, 2.05) is 18.2 Å². The Labute approximate surface area is 132 Å². The SMILES string of the molecule is CC(=O)NC(=S)NN1C(=O)C2=CC=CC3=CC=C[C@H](C1=O)[C@@H]32. The maximum atomic E-state index is 12.6. The third-order valence-electron chi connectivity index (χ3n) is 3.68. The molecule has 2 N–H and O–H groups in total. The van der Waals surface area contributed by atoms with Crippen molar-refractivity contribution in [2.75, 3.05) is 0 Å². The van der Waals surface area contributed by atoms with Gasteiger partial charge in [0.2, 0.25) is 5.91 Å². The van der Waals surface area contributed by atoms with Gasteiger partial charge in [-0.3, -0.25) is 19.8 Å². The fraction of sp³-hybridized carbons (Fsp3) is 0.200. The van der Waals surface area contributed by atoms with Crippen LogP contribution in [0.1, 0.15) is 6.92 Å². The Hall–Kier alpha value is -2.54. The summed E-state index contributed by atoms with van der Waals surface area (Å²) in [6.07, 6.45) is 10.9. The van der Waals surface area contributed by atoms with Crippen LogP contribution >= 0.6 is 12.2 Å². The first kappa shape index (κ1) is 14.4. The highest BCUT2D eigenvalue weighted by Gasteiger charge is 2.46. The zero-order chi connectivity index (χ0) is 15.9. The molecule has 22 heavy (non-hydrogen) atoms. The molecule has 2 aliphatic carbocycles. The molecule has 0 aromatic heterocycles. The molecule has 0 bridgehead atoms. The van der Waals surface area contributed by atoms with Gasteiger partial charge in [0, 0.05) is 18.4 Å². The van der Waals surface area contributed by atoms with Gasteiger partial charge >= 0.3 is 0 Å². The normalized spacial score (nSPS) is 25.2. The van der Waals surface area contributed by atoms with Gasteiger partial charge in [0.25, 0.3) is 11.8 Å². The topological polar surface area (TPSA) is 78.5 Å². The lowest BCUT2D eigenvalue weighted by molar-refractivity contribution is -0.150. The van der Waals surface area contributed by atoms with Crippen LogP contribution in [0.15, 0.2) is 47.6 Å².